The fourth-order valence-corrected chi connectivity index (χ4v) is 5.25. The van der Waals surface area contributed by atoms with E-state index in [0.717, 1.165) is 48.6 Å². The van der Waals surface area contributed by atoms with Crippen molar-refractivity contribution in [2.24, 2.45) is 0 Å². The zero-order valence-corrected chi connectivity index (χ0v) is 21.7. The second kappa shape index (κ2) is 12.1. The number of benzene rings is 2. The molecule has 1 aliphatic carbocycles. The lowest BCUT2D eigenvalue weighted by Crippen LogP contribution is -2.46. The molecule has 192 valence electrons. The van der Waals surface area contributed by atoms with Crippen LogP contribution in [0.3, 0.4) is 0 Å². The average Bonchev–Trinajstić information content (AvgIpc) is 3.21. The first-order valence-corrected chi connectivity index (χ1v) is 12.9. The summed E-state index contributed by atoms with van der Waals surface area (Å²) in [6, 6.07) is 11.7. The Balaban J connectivity index is 1.81. The monoisotopic (exact) mass is 531 g/mol. The number of halogens is 2. The highest BCUT2D eigenvalue weighted by molar-refractivity contribution is 6.31. The van der Waals surface area contributed by atoms with E-state index in [2.05, 4.69) is 10.3 Å². The van der Waals surface area contributed by atoms with Crippen LogP contribution in [0.15, 0.2) is 42.5 Å². The van der Waals surface area contributed by atoms with Gasteiger partial charge in [0.2, 0.25) is 11.8 Å². The first kappa shape index (κ1) is 26.5. The van der Waals surface area contributed by atoms with E-state index in [4.69, 9.17) is 27.9 Å². The molecule has 1 fully saturated rings. The average molecular weight is 532 g/mol. The van der Waals surface area contributed by atoms with Crippen LogP contribution in [0.1, 0.15) is 61.9 Å². The molecule has 2 amide bonds. The maximum Gasteiger partial charge on any atom is 0.247 e. The van der Waals surface area contributed by atoms with Crippen molar-refractivity contribution in [2.75, 3.05) is 6.79 Å². The number of aromatic amines is 1. The van der Waals surface area contributed by atoms with Crippen LogP contribution in [0.4, 0.5) is 0 Å². The number of H-pyrrole nitrogens is 1. The molecule has 0 radical (unpaired) electrons. The predicted molar refractivity (Wildman–Crippen MR) is 141 cm³/mol. The third kappa shape index (κ3) is 6.21. The van der Waals surface area contributed by atoms with E-state index in [0.29, 0.717) is 21.3 Å². The van der Waals surface area contributed by atoms with Crippen molar-refractivity contribution in [1.82, 2.24) is 15.2 Å². The highest BCUT2D eigenvalue weighted by Gasteiger charge is 2.35. The van der Waals surface area contributed by atoms with Gasteiger partial charge >= 0.3 is 0 Å². The Morgan fingerprint density at radius 2 is 1.81 bits per heavy atom. The van der Waals surface area contributed by atoms with Crippen molar-refractivity contribution < 1.29 is 19.4 Å². The van der Waals surface area contributed by atoms with Gasteiger partial charge in [0.15, 0.2) is 0 Å². The molecule has 1 saturated carbocycles. The van der Waals surface area contributed by atoms with Gasteiger partial charge in [0.05, 0.1) is 6.61 Å². The number of carbonyl (C=O) groups excluding carboxylic acids is 2. The Kier molecular flexibility index (Phi) is 8.90. The minimum atomic E-state index is -0.924. The molecular formula is C27H31Cl2N3O4. The van der Waals surface area contributed by atoms with E-state index in [1.165, 1.54) is 6.92 Å². The summed E-state index contributed by atoms with van der Waals surface area (Å²) >= 11 is 12.3. The second-order valence-corrected chi connectivity index (χ2v) is 10.1. The lowest BCUT2D eigenvalue weighted by atomic mass is 9.94. The SMILES string of the molecule is CC(=O)N(Cc1ccc(Cl)cc1)C(C(=O)NC1CCCCC1)c1c(COCO)[nH]c2cc(Cl)ccc12. The number of rotatable bonds is 9. The topological polar surface area (TPSA) is 94.7 Å². The molecule has 2 aromatic carbocycles. The predicted octanol–water partition coefficient (Wildman–Crippen LogP) is 5.48. The molecule has 0 spiro atoms. The number of aliphatic hydroxyl groups is 1. The second-order valence-electron chi connectivity index (χ2n) is 9.20. The number of amides is 2. The summed E-state index contributed by atoms with van der Waals surface area (Å²) < 4.78 is 5.31. The molecule has 0 bridgehead atoms. The van der Waals surface area contributed by atoms with Crippen LogP contribution in [0.25, 0.3) is 10.9 Å². The Morgan fingerprint density at radius 3 is 2.47 bits per heavy atom. The van der Waals surface area contributed by atoms with Gasteiger partial charge in [-0.1, -0.05) is 60.7 Å². The van der Waals surface area contributed by atoms with Crippen LogP contribution in [0, 0.1) is 0 Å². The first-order valence-electron chi connectivity index (χ1n) is 12.2. The Bertz CT molecular complexity index is 1210. The fraction of sp³-hybridized carbons (Fsp3) is 0.407. The number of fused-ring (bicyclic) bond motifs is 1. The molecule has 36 heavy (non-hydrogen) atoms. The number of carbonyl (C=O) groups is 2. The standard InChI is InChI=1S/C27H31Cl2N3O4/c1-17(34)32(14-18-7-9-19(28)10-8-18)26(27(35)30-21-5-3-2-4-6-21)25-22-12-11-20(29)13-23(22)31-24(25)15-36-16-33/h7-13,21,26,31,33H,2-6,14-16H2,1H3,(H,30,35). The van der Waals surface area contributed by atoms with Gasteiger partial charge in [0, 0.05) is 51.7 Å². The zero-order valence-electron chi connectivity index (χ0n) is 20.2. The normalized spacial score (nSPS) is 15.1. The van der Waals surface area contributed by atoms with Crippen molar-refractivity contribution in [2.45, 2.75) is 64.3 Å². The molecule has 1 unspecified atom stereocenters. The maximum atomic E-state index is 14.0. The molecule has 3 aromatic rings. The van der Waals surface area contributed by atoms with Gasteiger partial charge in [0.1, 0.15) is 12.8 Å². The van der Waals surface area contributed by atoms with Gasteiger partial charge in [-0.15, -0.1) is 0 Å². The minimum Gasteiger partial charge on any atom is -0.371 e. The summed E-state index contributed by atoms with van der Waals surface area (Å²) in [4.78, 5) is 31.9. The minimum absolute atomic E-state index is 0.0397. The zero-order chi connectivity index (χ0) is 25.7. The summed E-state index contributed by atoms with van der Waals surface area (Å²) in [5.74, 6) is -0.488. The quantitative estimate of drug-likeness (QED) is 0.318. The maximum absolute atomic E-state index is 14.0. The number of hydrogen-bond acceptors (Lipinski definition) is 4. The van der Waals surface area contributed by atoms with Gasteiger partial charge in [-0.3, -0.25) is 9.59 Å². The van der Waals surface area contributed by atoms with Crippen molar-refractivity contribution in [3.8, 4) is 0 Å². The van der Waals surface area contributed by atoms with E-state index >= 15 is 0 Å². The molecule has 9 heteroatoms. The highest BCUT2D eigenvalue weighted by Crippen LogP contribution is 2.35. The van der Waals surface area contributed by atoms with E-state index < -0.39 is 12.8 Å². The Morgan fingerprint density at radius 1 is 1.11 bits per heavy atom. The van der Waals surface area contributed by atoms with Crippen molar-refractivity contribution in [3.05, 3.63) is 69.3 Å². The fourth-order valence-electron chi connectivity index (χ4n) is 4.95. The lowest BCUT2D eigenvalue weighted by Gasteiger charge is -2.33. The first-order chi connectivity index (χ1) is 17.4. The largest absolute Gasteiger partial charge is 0.371 e. The van der Waals surface area contributed by atoms with Crippen LogP contribution in [0.5, 0.6) is 0 Å². The molecule has 1 aromatic heterocycles. The summed E-state index contributed by atoms with van der Waals surface area (Å²) in [6.45, 7) is 1.25. The van der Waals surface area contributed by atoms with Gasteiger partial charge in [0.25, 0.3) is 0 Å². The van der Waals surface area contributed by atoms with Crippen molar-refractivity contribution >= 4 is 45.9 Å². The summed E-state index contributed by atoms with van der Waals surface area (Å²) in [6.07, 6.45) is 5.13. The van der Waals surface area contributed by atoms with Gasteiger partial charge in [-0.2, -0.15) is 0 Å². The van der Waals surface area contributed by atoms with Gasteiger partial charge < -0.3 is 25.0 Å². The molecule has 1 heterocycles. The summed E-state index contributed by atoms with van der Waals surface area (Å²) in [5, 5.41) is 14.4. The summed E-state index contributed by atoms with van der Waals surface area (Å²) in [7, 11) is 0. The van der Waals surface area contributed by atoms with Crippen LogP contribution in [-0.2, 0) is 27.5 Å². The van der Waals surface area contributed by atoms with Crippen LogP contribution in [0.2, 0.25) is 10.0 Å². The Hall–Kier alpha value is -2.58. The van der Waals surface area contributed by atoms with E-state index in [-0.39, 0.29) is 31.0 Å². The number of nitrogens with one attached hydrogen (secondary N) is 2. The van der Waals surface area contributed by atoms with E-state index in [9.17, 15) is 14.7 Å². The van der Waals surface area contributed by atoms with Crippen LogP contribution in [-0.4, -0.2) is 39.6 Å². The number of aliphatic hydroxyl groups excluding tert-OH is 1. The molecular weight excluding hydrogens is 501 g/mol. The molecule has 1 atom stereocenters. The Labute approximate surface area is 220 Å². The lowest BCUT2D eigenvalue weighted by molar-refractivity contribution is -0.140. The molecule has 0 saturated heterocycles. The van der Waals surface area contributed by atoms with E-state index in [1.807, 2.05) is 18.2 Å². The van der Waals surface area contributed by atoms with Crippen LogP contribution >= 0.6 is 23.2 Å². The van der Waals surface area contributed by atoms with Gasteiger partial charge in [-0.25, -0.2) is 0 Å². The van der Waals surface area contributed by atoms with E-state index in [1.54, 1.807) is 29.2 Å². The molecule has 1 aliphatic rings. The third-order valence-corrected chi connectivity index (χ3v) is 7.16. The number of aromatic nitrogens is 1. The molecule has 4 rings (SSSR count). The van der Waals surface area contributed by atoms with Gasteiger partial charge in [-0.05, 0) is 42.7 Å². The highest BCUT2D eigenvalue weighted by atomic mass is 35.5. The molecule has 3 N–H and O–H groups in total. The molecule has 0 aliphatic heterocycles. The van der Waals surface area contributed by atoms with Crippen molar-refractivity contribution in [3.63, 3.8) is 0 Å². The number of ether oxygens (including phenoxy) is 1. The number of hydrogen-bond donors (Lipinski definition) is 3. The smallest absolute Gasteiger partial charge is 0.247 e. The third-order valence-electron chi connectivity index (χ3n) is 6.68. The number of nitrogens with zero attached hydrogens (tertiary/aromatic N) is 1. The summed E-state index contributed by atoms with van der Waals surface area (Å²) in [5.41, 5.74) is 2.81. The van der Waals surface area contributed by atoms with Crippen molar-refractivity contribution in [1.29, 1.82) is 0 Å². The molecule has 7 nitrogen and oxygen atoms in total. The van der Waals surface area contributed by atoms with Crippen LogP contribution < -0.4 is 5.32 Å².